The minimum Gasteiger partial charge on any atom is -0.350 e. The van der Waals surface area contributed by atoms with Crippen molar-refractivity contribution in [2.45, 2.75) is 32.5 Å². The molecule has 2 fully saturated rings. The van der Waals surface area contributed by atoms with E-state index in [1.54, 1.807) is 0 Å². The Bertz CT molecular complexity index is 206. The minimum absolute atomic E-state index is 0. The van der Waals surface area contributed by atoms with E-state index in [2.05, 4.69) is 13.8 Å². The number of rotatable bonds is 0. The third-order valence-corrected chi connectivity index (χ3v) is 3.51. The predicted octanol–water partition coefficient (Wildman–Crippen LogP) is 2.45. The van der Waals surface area contributed by atoms with Gasteiger partial charge in [-0.3, -0.25) is 0 Å². The standard InChI is InChI=1S/C12H20O2.Zr/c1-9-5-12(6-10(9)2)7-13-11(3,4)14-8-12;/h9-10H,1-2,5-8H2,3-4H3;/q-2;+2/t9-,10-;/m1./s1. The van der Waals surface area contributed by atoms with E-state index in [-0.39, 0.29) is 31.6 Å². The van der Waals surface area contributed by atoms with Crippen LogP contribution < -0.4 is 0 Å². The summed E-state index contributed by atoms with van der Waals surface area (Å²) in [5.74, 6) is 0.521. The van der Waals surface area contributed by atoms with Crippen molar-refractivity contribution < 1.29 is 35.7 Å². The van der Waals surface area contributed by atoms with Crippen molar-refractivity contribution in [1.29, 1.82) is 0 Å². The molecule has 15 heavy (non-hydrogen) atoms. The molecule has 0 amide bonds. The zero-order valence-corrected chi connectivity index (χ0v) is 12.2. The first kappa shape index (κ1) is 13.9. The second-order valence-corrected chi connectivity index (χ2v) is 5.41. The fourth-order valence-electron chi connectivity index (χ4n) is 2.50. The fourth-order valence-corrected chi connectivity index (χ4v) is 2.50. The molecule has 2 rings (SSSR count). The summed E-state index contributed by atoms with van der Waals surface area (Å²) in [7, 11) is 0. The maximum absolute atomic E-state index is 5.72. The van der Waals surface area contributed by atoms with Gasteiger partial charge in [-0.05, 0) is 13.8 Å². The van der Waals surface area contributed by atoms with E-state index in [9.17, 15) is 0 Å². The Kier molecular flexibility index (Phi) is 4.24. The molecule has 1 heterocycles. The molecule has 3 heteroatoms. The van der Waals surface area contributed by atoms with Crippen molar-refractivity contribution in [1.82, 2.24) is 0 Å². The molecular weight excluding hydrogens is 267 g/mol. The predicted molar refractivity (Wildman–Crippen MR) is 55.3 cm³/mol. The Hall–Kier alpha value is 0.803. The molecule has 1 saturated carbocycles. The topological polar surface area (TPSA) is 18.5 Å². The molecule has 84 valence electrons. The molecule has 0 unspecified atom stereocenters. The van der Waals surface area contributed by atoms with Crippen LogP contribution in [0, 0.1) is 31.1 Å². The van der Waals surface area contributed by atoms with Crippen molar-refractivity contribution >= 4 is 0 Å². The second kappa shape index (κ2) is 4.58. The quantitative estimate of drug-likeness (QED) is 0.637. The summed E-state index contributed by atoms with van der Waals surface area (Å²) < 4.78 is 11.4. The summed E-state index contributed by atoms with van der Waals surface area (Å²) >= 11 is 0. The monoisotopic (exact) mass is 286 g/mol. The Morgan fingerprint density at radius 2 is 1.40 bits per heavy atom. The van der Waals surface area contributed by atoms with Gasteiger partial charge >= 0.3 is 26.2 Å². The molecule has 1 aliphatic heterocycles. The summed E-state index contributed by atoms with van der Waals surface area (Å²) in [5.41, 5.74) is 0.203. The van der Waals surface area contributed by atoms with Gasteiger partial charge in [0.15, 0.2) is 5.79 Å². The normalized spacial score (nSPS) is 37.6. The van der Waals surface area contributed by atoms with Crippen LogP contribution in [0.25, 0.3) is 0 Å². The third kappa shape index (κ3) is 2.92. The van der Waals surface area contributed by atoms with Crippen molar-refractivity contribution in [2.24, 2.45) is 17.3 Å². The molecule has 0 aromatic heterocycles. The Morgan fingerprint density at radius 3 is 1.80 bits per heavy atom. The third-order valence-electron chi connectivity index (χ3n) is 3.51. The maximum atomic E-state index is 5.72. The van der Waals surface area contributed by atoms with Crippen molar-refractivity contribution in [3.63, 3.8) is 0 Å². The second-order valence-electron chi connectivity index (χ2n) is 5.41. The summed E-state index contributed by atoms with van der Waals surface area (Å²) in [6, 6.07) is 0. The van der Waals surface area contributed by atoms with Crippen LogP contribution in [0.3, 0.4) is 0 Å². The van der Waals surface area contributed by atoms with Crippen LogP contribution in [0.4, 0.5) is 0 Å². The molecule has 2 nitrogen and oxygen atoms in total. The van der Waals surface area contributed by atoms with Gasteiger partial charge < -0.3 is 23.3 Å². The summed E-state index contributed by atoms with van der Waals surface area (Å²) in [4.78, 5) is 0. The zero-order chi connectivity index (χ0) is 10.4. The van der Waals surface area contributed by atoms with Crippen LogP contribution in [-0.2, 0) is 35.7 Å². The first-order chi connectivity index (χ1) is 6.43. The Balaban J connectivity index is 0.00000112. The van der Waals surface area contributed by atoms with E-state index in [1.807, 2.05) is 13.8 Å². The molecule has 0 aromatic rings. The maximum Gasteiger partial charge on any atom is 2.00 e. The van der Waals surface area contributed by atoms with Gasteiger partial charge in [0.1, 0.15) is 0 Å². The zero-order valence-electron chi connectivity index (χ0n) is 9.71. The van der Waals surface area contributed by atoms with Crippen molar-refractivity contribution in [3.05, 3.63) is 13.8 Å². The minimum atomic E-state index is -0.402. The molecule has 1 aliphatic carbocycles. The van der Waals surface area contributed by atoms with E-state index in [0.29, 0.717) is 11.8 Å². The average Bonchev–Trinajstić information content (AvgIpc) is 2.36. The van der Waals surface area contributed by atoms with Crippen LogP contribution in [0.1, 0.15) is 26.7 Å². The molecule has 2 aliphatic rings. The van der Waals surface area contributed by atoms with E-state index in [4.69, 9.17) is 9.47 Å². The van der Waals surface area contributed by atoms with Gasteiger partial charge in [-0.1, -0.05) is 12.8 Å². The van der Waals surface area contributed by atoms with E-state index in [0.717, 1.165) is 26.1 Å². The Labute approximate surface area is 112 Å². The van der Waals surface area contributed by atoms with Gasteiger partial charge in [-0.15, -0.1) is 0 Å². The van der Waals surface area contributed by atoms with Crippen molar-refractivity contribution in [2.75, 3.05) is 13.2 Å². The number of hydrogen-bond acceptors (Lipinski definition) is 2. The first-order valence-electron chi connectivity index (χ1n) is 5.37. The van der Waals surface area contributed by atoms with Crippen LogP contribution in [-0.4, -0.2) is 19.0 Å². The van der Waals surface area contributed by atoms with E-state index in [1.165, 1.54) is 0 Å². The van der Waals surface area contributed by atoms with Crippen molar-refractivity contribution in [3.8, 4) is 0 Å². The van der Waals surface area contributed by atoms with E-state index >= 15 is 0 Å². The van der Waals surface area contributed by atoms with Crippen LogP contribution in [0.5, 0.6) is 0 Å². The Morgan fingerprint density at radius 1 is 1.00 bits per heavy atom. The summed E-state index contributed by atoms with van der Waals surface area (Å²) in [6.45, 7) is 13.8. The SMILES string of the molecule is [CH2-][C@@H]1CC2(COC(C)(C)OC2)C[C@H]1[CH2-].[Zr+2]. The summed E-state index contributed by atoms with van der Waals surface area (Å²) in [6.07, 6.45) is 2.19. The molecule has 0 radical (unpaired) electrons. The fraction of sp³-hybridized carbons (Fsp3) is 0.833. The average molecular weight is 288 g/mol. The molecular formula is C12H20O2Zr. The largest absolute Gasteiger partial charge is 2.00 e. The van der Waals surface area contributed by atoms with Gasteiger partial charge in [0, 0.05) is 5.41 Å². The van der Waals surface area contributed by atoms with Gasteiger partial charge in [-0.2, -0.15) is 11.8 Å². The van der Waals surface area contributed by atoms with Gasteiger partial charge in [0.05, 0.1) is 13.2 Å². The van der Waals surface area contributed by atoms with Crippen LogP contribution in [0.2, 0.25) is 0 Å². The molecule has 0 aromatic carbocycles. The number of hydrogen-bond donors (Lipinski definition) is 0. The van der Waals surface area contributed by atoms with E-state index < -0.39 is 5.79 Å². The molecule has 1 spiro atoms. The van der Waals surface area contributed by atoms with Gasteiger partial charge in [0.25, 0.3) is 0 Å². The first-order valence-corrected chi connectivity index (χ1v) is 5.37. The smallest absolute Gasteiger partial charge is 0.350 e. The molecule has 0 N–H and O–H groups in total. The number of ether oxygens (including phenoxy) is 2. The molecule has 1 saturated heterocycles. The molecule has 2 atom stereocenters. The molecule has 0 bridgehead atoms. The van der Waals surface area contributed by atoms with Crippen LogP contribution in [0.15, 0.2) is 0 Å². The van der Waals surface area contributed by atoms with Crippen LogP contribution >= 0.6 is 0 Å². The van der Waals surface area contributed by atoms with Gasteiger partial charge in [-0.25, -0.2) is 0 Å². The van der Waals surface area contributed by atoms with Gasteiger partial charge in [0.2, 0.25) is 0 Å². The summed E-state index contributed by atoms with van der Waals surface area (Å²) in [5, 5.41) is 0.